The number of Topliss-reactive ketones (excluding diaryl/α,β-unsaturated/α-hetero) is 1. The fraction of sp³-hybridized carbons (Fsp3) is 0.538. The Kier molecular flexibility index (Phi) is 4.68. The molecule has 1 aromatic rings. The van der Waals surface area contributed by atoms with Crippen molar-refractivity contribution in [1.82, 2.24) is 9.80 Å². The van der Waals surface area contributed by atoms with Gasteiger partial charge in [0.2, 0.25) is 0 Å². The van der Waals surface area contributed by atoms with Crippen molar-refractivity contribution < 1.29 is 14.7 Å². The summed E-state index contributed by atoms with van der Waals surface area (Å²) in [6.07, 6.45) is -0.0156. The molecule has 1 aliphatic heterocycles. The zero-order valence-electron chi connectivity index (χ0n) is 11.0. The van der Waals surface area contributed by atoms with Crippen molar-refractivity contribution in [3.8, 4) is 0 Å². The maximum absolute atomic E-state index is 12.1. The summed E-state index contributed by atoms with van der Waals surface area (Å²) in [4.78, 5) is 27.8. The fourth-order valence-electron chi connectivity index (χ4n) is 2.08. The molecule has 104 valence electrons. The summed E-state index contributed by atoms with van der Waals surface area (Å²) in [5, 5.41) is 10.5. The molecule has 0 aromatic carbocycles. The van der Waals surface area contributed by atoms with Crippen LogP contribution in [0.2, 0.25) is 0 Å². The molecule has 1 N–H and O–H groups in total. The molecule has 0 atom stereocenters. The molecule has 0 amide bonds. The van der Waals surface area contributed by atoms with Crippen LogP contribution in [0.5, 0.6) is 0 Å². The summed E-state index contributed by atoms with van der Waals surface area (Å²) in [6, 6.07) is 1.71. The van der Waals surface area contributed by atoms with Crippen LogP contribution < -0.4 is 0 Å². The number of carboxylic acids is 1. The Morgan fingerprint density at radius 1 is 1.32 bits per heavy atom. The average molecular weight is 282 g/mol. The fourth-order valence-corrected chi connectivity index (χ4v) is 2.92. The topological polar surface area (TPSA) is 60.9 Å². The van der Waals surface area contributed by atoms with E-state index in [4.69, 9.17) is 5.11 Å². The van der Waals surface area contributed by atoms with Gasteiger partial charge in [-0.1, -0.05) is 0 Å². The minimum absolute atomic E-state index is 0.0156. The van der Waals surface area contributed by atoms with Crippen molar-refractivity contribution in [2.75, 3.05) is 39.8 Å². The maximum atomic E-state index is 12.1. The van der Waals surface area contributed by atoms with Crippen LogP contribution in [0.1, 0.15) is 15.2 Å². The quantitative estimate of drug-likeness (QED) is 0.810. The third kappa shape index (κ3) is 4.12. The van der Waals surface area contributed by atoms with Crippen molar-refractivity contribution in [3.63, 3.8) is 0 Å². The molecule has 0 unspecified atom stereocenters. The number of carboxylic acid groups (broad SMARTS) is 1. The number of piperazine rings is 1. The lowest BCUT2D eigenvalue weighted by Gasteiger charge is -2.31. The first-order valence-electron chi connectivity index (χ1n) is 6.28. The Morgan fingerprint density at radius 3 is 2.63 bits per heavy atom. The lowest BCUT2D eigenvalue weighted by Crippen LogP contribution is -2.46. The van der Waals surface area contributed by atoms with E-state index >= 15 is 0 Å². The van der Waals surface area contributed by atoms with E-state index in [0.29, 0.717) is 17.0 Å². The minimum Gasteiger partial charge on any atom is -0.481 e. The molecule has 0 radical (unpaired) electrons. The molecular weight excluding hydrogens is 264 g/mol. The van der Waals surface area contributed by atoms with E-state index in [0.717, 1.165) is 26.2 Å². The van der Waals surface area contributed by atoms with E-state index in [2.05, 4.69) is 16.8 Å². The molecule has 0 saturated carbocycles. The largest absolute Gasteiger partial charge is 0.481 e. The van der Waals surface area contributed by atoms with Crippen LogP contribution in [0.15, 0.2) is 11.4 Å². The molecule has 1 aliphatic rings. The van der Waals surface area contributed by atoms with E-state index in [-0.39, 0.29) is 12.2 Å². The van der Waals surface area contributed by atoms with Crippen LogP contribution >= 0.6 is 11.3 Å². The van der Waals surface area contributed by atoms with Crippen LogP contribution in [0.3, 0.4) is 0 Å². The van der Waals surface area contributed by atoms with E-state index in [1.807, 2.05) is 0 Å². The van der Waals surface area contributed by atoms with Crippen molar-refractivity contribution in [3.05, 3.63) is 21.9 Å². The highest BCUT2D eigenvalue weighted by Gasteiger charge is 2.18. The summed E-state index contributed by atoms with van der Waals surface area (Å²) in [7, 11) is 2.08. The first kappa shape index (κ1) is 14.2. The highest BCUT2D eigenvalue weighted by Crippen LogP contribution is 2.16. The Bertz CT molecular complexity index is 464. The highest BCUT2D eigenvalue weighted by atomic mass is 32.1. The number of carbonyl (C=O) groups is 2. The van der Waals surface area contributed by atoms with Crippen LogP contribution in [-0.4, -0.2) is 66.4 Å². The van der Waals surface area contributed by atoms with Crippen LogP contribution in [-0.2, 0) is 11.2 Å². The van der Waals surface area contributed by atoms with Gasteiger partial charge in [0.1, 0.15) is 0 Å². The van der Waals surface area contributed by atoms with E-state index in [1.165, 1.54) is 11.3 Å². The van der Waals surface area contributed by atoms with Gasteiger partial charge < -0.3 is 10.0 Å². The molecule has 2 rings (SSSR count). The molecule has 2 heterocycles. The van der Waals surface area contributed by atoms with Gasteiger partial charge in [-0.05, 0) is 24.1 Å². The van der Waals surface area contributed by atoms with Gasteiger partial charge in [-0.25, -0.2) is 0 Å². The van der Waals surface area contributed by atoms with Crippen molar-refractivity contribution >= 4 is 23.1 Å². The maximum Gasteiger partial charge on any atom is 0.307 e. The van der Waals surface area contributed by atoms with Gasteiger partial charge in [0.05, 0.1) is 17.8 Å². The number of hydrogen-bond donors (Lipinski definition) is 1. The third-order valence-electron chi connectivity index (χ3n) is 3.25. The second-order valence-corrected chi connectivity index (χ2v) is 5.80. The summed E-state index contributed by atoms with van der Waals surface area (Å²) < 4.78 is 0. The Hall–Kier alpha value is -1.24. The summed E-state index contributed by atoms with van der Waals surface area (Å²) in [5.74, 6) is -0.776. The number of carbonyl (C=O) groups excluding carboxylic acids is 1. The van der Waals surface area contributed by atoms with Gasteiger partial charge >= 0.3 is 5.97 Å². The predicted octanol–water partition coefficient (Wildman–Crippen LogP) is 0.805. The second-order valence-electron chi connectivity index (χ2n) is 4.89. The van der Waals surface area contributed by atoms with Gasteiger partial charge in [0.15, 0.2) is 5.78 Å². The van der Waals surface area contributed by atoms with Gasteiger partial charge in [0, 0.05) is 26.2 Å². The van der Waals surface area contributed by atoms with Crippen LogP contribution in [0.4, 0.5) is 0 Å². The zero-order valence-corrected chi connectivity index (χ0v) is 11.8. The molecule has 1 fully saturated rings. The minimum atomic E-state index is -0.865. The van der Waals surface area contributed by atoms with Crippen LogP contribution in [0.25, 0.3) is 0 Å². The molecule has 0 spiro atoms. The summed E-state index contributed by atoms with van der Waals surface area (Å²) >= 11 is 1.34. The van der Waals surface area contributed by atoms with Gasteiger partial charge in [0.25, 0.3) is 0 Å². The molecule has 6 heteroatoms. The van der Waals surface area contributed by atoms with Gasteiger partial charge in [-0.15, -0.1) is 11.3 Å². The average Bonchev–Trinajstić information content (AvgIpc) is 2.80. The number of nitrogens with zero attached hydrogens (tertiary/aromatic N) is 2. The number of aliphatic carboxylic acids is 1. The van der Waals surface area contributed by atoms with Crippen LogP contribution in [0, 0.1) is 0 Å². The number of rotatable bonds is 5. The van der Waals surface area contributed by atoms with Crippen molar-refractivity contribution in [2.45, 2.75) is 6.42 Å². The molecule has 0 bridgehead atoms. The Labute approximate surface area is 116 Å². The second kappa shape index (κ2) is 6.27. The zero-order chi connectivity index (χ0) is 13.8. The Balaban J connectivity index is 1.89. The number of hydrogen-bond acceptors (Lipinski definition) is 5. The lowest BCUT2D eigenvalue weighted by molar-refractivity contribution is -0.136. The monoisotopic (exact) mass is 282 g/mol. The predicted molar refractivity (Wildman–Crippen MR) is 73.9 cm³/mol. The number of thiophene rings is 1. The Morgan fingerprint density at radius 2 is 2.00 bits per heavy atom. The van der Waals surface area contributed by atoms with Crippen molar-refractivity contribution in [2.24, 2.45) is 0 Å². The van der Waals surface area contributed by atoms with Gasteiger partial charge in [-0.2, -0.15) is 0 Å². The first-order valence-corrected chi connectivity index (χ1v) is 7.16. The molecule has 19 heavy (non-hydrogen) atoms. The first-order chi connectivity index (χ1) is 9.04. The summed E-state index contributed by atoms with van der Waals surface area (Å²) in [5.41, 5.74) is 0.708. The standard InChI is InChI=1S/C13H18N2O3S/c1-14-2-4-15(5-3-14)8-11(16)12-6-10(9-19-12)7-13(17)18/h6,9H,2-5,7-8H2,1H3,(H,17,18). The normalized spacial score (nSPS) is 17.5. The molecule has 1 aromatic heterocycles. The number of ketones is 1. The van der Waals surface area contributed by atoms with E-state index < -0.39 is 5.97 Å². The molecule has 5 nitrogen and oxygen atoms in total. The highest BCUT2D eigenvalue weighted by molar-refractivity contribution is 7.12. The third-order valence-corrected chi connectivity index (χ3v) is 4.27. The smallest absolute Gasteiger partial charge is 0.307 e. The molecule has 0 aliphatic carbocycles. The summed E-state index contributed by atoms with van der Waals surface area (Å²) in [6.45, 7) is 4.23. The van der Waals surface area contributed by atoms with E-state index in [1.54, 1.807) is 11.4 Å². The molecule has 1 saturated heterocycles. The number of likely N-dealkylation sites (N-methyl/N-ethyl adjacent to an activating group) is 1. The van der Waals surface area contributed by atoms with E-state index in [9.17, 15) is 9.59 Å². The van der Waals surface area contributed by atoms with Gasteiger partial charge in [-0.3, -0.25) is 14.5 Å². The molecular formula is C13H18N2O3S. The van der Waals surface area contributed by atoms with Crippen molar-refractivity contribution in [1.29, 1.82) is 0 Å². The lowest BCUT2D eigenvalue weighted by atomic mass is 10.2. The SMILES string of the molecule is CN1CCN(CC(=O)c2cc(CC(=O)O)cs2)CC1.